The van der Waals surface area contributed by atoms with E-state index in [1.54, 1.807) is 4.90 Å². The van der Waals surface area contributed by atoms with Crippen LogP contribution in [0, 0.1) is 0 Å². The predicted molar refractivity (Wildman–Crippen MR) is 149 cm³/mol. The van der Waals surface area contributed by atoms with Crippen LogP contribution in [0.1, 0.15) is 59.0 Å². The number of aryl methyl sites for hydroxylation is 2. The largest absolute Gasteiger partial charge is 0.345 e. The quantitative estimate of drug-likeness (QED) is 0.429. The topological polar surface area (TPSA) is 78.4 Å². The van der Waals surface area contributed by atoms with Crippen molar-refractivity contribution >= 4 is 40.4 Å². The number of nitrogens with one attached hydrogen (secondary N) is 1. The average Bonchev–Trinajstić information content (AvgIpc) is 3.51. The Morgan fingerprint density at radius 2 is 1.68 bits per heavy atom. The lowest BCUT2D eigenvalue weighted by Crippen LogP contribution is -2.37. The van der Waals surface area contributed by atoms with Gasteiger partial charge in [0.05, 0.1) is 6.04 Å². The number of likely N-dealkylation sites (tertiary alicyclic amines) is 1. The Balaban J connectivity index is 0.00000320. The second kappa shape index (κ2) is 12.6. The van der Waals surface area contributed by atoms with Crippen LogP contribution in [0.4, 0.5) is 5.69 Å². The lowest BCUT2D eigenvalue weighted by molar-refractivity contribution is -0.117. The number of rotatable bonds is 8. The van der Waals surface area contributed by atoms with E-state index in [4.69, 9.17) is 11.6 Å². The van der Waals surface area contributed by atoms with Crippen molar-refractivity contribution in [3.63, 3.8) is 0 Å². The van der Waals surface area contributed by atoms with Gasteiger partial charge in [0.1, 0.15) is 5.01 Å². The van der Waals surface area contributed by atoms with Crippen molar-refractivity contribution < 1.29 is 9.59 Å². The van der Waals surface area contributed by atoms with Gasteiger partial charge in [0.25, 0.3) is 5.91 Å². The molecule has 0 bridgehead atoms. The Morgan fingerprint density at radius 1 is 0.973 bits per heavy atom. The Morgan fingerprint density at radius 3 is 2.41 bits per heavy atom. The van der Waals surface area contributed by atoms with Crippen LogP contribution < -0.4 is 10.2 Å². The first-order valence-electron chi connectivity index (χ1n) is 12.5. The van der Waals surface area contributed by atoms with Crippen molar-refractivity contribution in [2.24, 2.45) is 0 Å². The number of aromatic nitrogens is 2. The zero-order valence-corrected chi connectivity index (χ0v) is 21.7. The number of hydrogen-bond donors (Lipinski definition) is 1. The van der Waals surface area contributed by atoms with Gasteiger partial charge >= 0.3 is 0 Å². The third-order valence-corrected chi connectivity index (χ3v) is 8.00. The number of halogens is 1. The van der Waals surface area contributed by atoms with Crippen LogP contribution in [0.2, 0.25) is 5.02 Å². The first-order valence-corrected chi connectivity index (χ1v) is 13.7. The molecule has 0 saturated carbocycles. The summed E-state index contributed by atoms with van der Waals surface area (Å²) >= 11 is 7.24. The van der Waals surface area contributed by atoms with Crippen molar-refractivity contribution in [1.29, 1.82) is 0 Å². The molecule has 2 amide bonds. The van der Waals surface area contributed by atoms with Crippen LogP contribution in [0.25, 0.3) is 0 Å². The van der Waals surface area contributed by atoms with Gasteiger partial charge < -0.3 is 10.2 Å². The van der Waals surface area contributed by atoms with E-state index < -0.39 is 0 Å². The van der Waals surface area contributed by atoms with Crippen LogP contribution in [0.3, 0.4) is 0 Å². The maximum atomic E-state index is 12.8. The summed E-state index contributed by atoms with van der Waals surface area (Å²) in [5, 5.41) is 13.1. The highest BCUT2D eigenvalue weighted by Gasteiger charge is 2.32. The number of hydrogen-bond acceptors (Lipinski definition) is 6. The Labute approximate surface area is 227 Å². The van der Waals surface area contributed by atoms with Crippen LogP contribution in [0.15, 0.2) is 48.5 Å². The molecule has 37 heavy (non-hydrogen) atoms. The number of benzene rings is 2. The Hall–Kier alpha value is -2.81. The van der Waals surface area contributed by atoms with Gasteiger partial charge in [0.15, 0.2) is 0 Å². The molecule has 196 valence electrons. The molecule has 1 aromatic heterocycles. The van der Waals surface area contributed by atoms with Crippen molar-refractivity contribution in [3.8, 4) is 0 Å². The van der Waals surface area contributed by atoms with Gasteiger partial charge in [-0.25, -0.2) is 0 Å². The maximum absolute atomic E-state index is 12.8. The summed E-state index contributed by atoms with van der Waals surface area (Å²) in [4.78, 5) is 29.7. The maximum Gasteiger partial charge on any atom is 0.282 e. The summed E-state index contributed by atoms with van der Waals surface area (Å²) in [5.74, 6) is -0.258. The molecule has 7 nitrogen and oxygen atoms in total. The fourth-order valence-corrected chi connectivity index (χ4v) is 5.67. The van der Waals surface area contributed by atoms with Crippen LogP contribution in [0.5, 0.6) is 0 Å². The average molecular weight is 540 g/mol. The molecule has 0 unspecified atom stereocenters. The number of amides is 2. The van der Waals surface area contributed by atoms with Crippen molar-refractivity contribution in [2.45, 2.75) is 58.5 Å². The molecule has 2 fully saturated rings. The molecule has 0 spiro atoms. The number of piperidine rings is 1. The first kappa shape index (κ1) is 27.2. The van der Waals surface area contributed by atoms with Gasteiger partial charge in [-0.1, -0.05) is 61.1 Å². The van der Waals surface area contributed by atoms with Crippen LogP contribution in [-0.2, 0) is 24.2 Å². The molecule has 0 aliphatic carbocycles. The summed E-state index contributed by atoms with van der Waals surface area (Å²) in [7, 11) is 0. The predicted octanol–water partition coefficient (Wildman–Crippen LogP) is 5.13. The lowest BCUT2D eigenvalue weighted by Gasteiger charge is -2.26. The smallest absolute Gasteiger partial charge is 0.282 e. The van der Waals surface area contributed by atoms with Crippen molar-refractivity contribution in [3.05, 3.63) is 74.7 Å². The molecule has 0 radical (unpaired) electrons. The standard InChI is InChI=1S/C27H30ClN5O2S.CH4/c28-21-9-4-19(5-10-21)8-13-24-30-31-27(36-24)26(35)29-22-16-25(34)33(18-22)23-11-6-20(7-12-23)17-32-14-2-1-3-15-32;/h4-7,9-12,22H,1-3,8,13-18H2,(H,29,35);1H4/t22-;/m1./s1. The number of nitrogens with zero attached hydrogens (tertiary/aromatic N) is 4. The molecule has 3 aromatic rings. The summed E-state index contributed by atoms with van der Waals surface area (Å²) in [5.41, 5.74) is 3.30. The van der Waals surface area contributed by atoms with E-state index >= 15 is 0 Å². The molecule has 2 aromatic carbocycles. The minimum atomic E-state index is -0.276. The van der Waals surface area contributed by atoms with Gasteiger partial charge in [-0.3, -0.25) is 14.5 Å². The van der Waals surface area contributed by atoms with Crippen molar-refractivity contribution in [2.75, 3.05) is 24.5 Å². The molecule has 5 rings (SSSR count). The van der Waals surface area contributed by atoms with Gasteiger partial charge in [-0.2, -0.15) is 0 Å². The minimum Gasteiger partial charge on any atom is -0.345 e. The Bertz CT molecular complexity index is 1190. The highest BCUT2D eigenvalue weighted by atomic mass is 35.5. The molecule has 2 aliphatic heterocycles. The van der Waals surface area contributed by atoms with E-state index in [0.717, 1.165) is 42.3 Å². The van der Waals surface area contributed by atoms with E-state index in [1.807, 2.05) is 36.4 Å². The fourth-order valence-electron chi connectivity index (χ4n) is 4.81. The molecule has 1 N–H and O–H groups in total. The summed E-state index contributed by atoms with van der Waals surface area (Å²) in [6.45, 7) is 3.73. The van der Waals surface area contributed by atoms with Crippen LogP contribution >= 0.6 is 22.9 Å². The molecule has 1 atom stereocenters. The Kier molecular flexibility index (Phi) is 9.29. The van der Waals surface area contributed by atoms with E-state index in [2.05, 4.69) is 32.5 Å². The molecule has 9 heteroatoms. The van der Waals surface area contributed by atoms with E-state index in [-0.39, 0.29) is 31.7 Å². The molecular formula is C28H34ClN5O2S. The first-order chi connectivity index (χ1) is 17.5. The molecular weight excluding hydrogens is 506 g/mol. The highest BCUT2D eigenvalue weighted by molar-refractivity contribution is 7.13. The zero-order valence-electron chi connectivity index (χ0n) is 20.2. The van der Waals surface area contributed by atoms with E-state index in [9.17, 15) is 9.59 Å². The number of carbonyl (C=O) groups is 2. The highest BCUT2D eigenvalue weighted by Crippen LogP contribution is 2.24. The fraction of sp³-hybridized carbons (Fsp3) is 0.429. The third-order valence-electron chi connectivity index (χ3n) is 6.77. The normalized spacial score (nSPS) is 18.0. The zero-order chi connectivity index (χ0) is 24.9. The van der Waals surface area contributed by atoms with Gasteiger partial charge in [-0.15, -0.1) is 10.2 Å². The number of anilines is 1. The van der Waals surface area contributed by atoms with E-state index in [1.165, 1.54) is 36.2 Å². The third kappa shape index (κ3) is 7.15. The second-order valence-corrected chi connectivity index (χ2v) is 11.0. The minimum absolute atomic E-state index is 0. The summed E-state index contributed by atoms with van der Waals surface area (Å²) in [6.07, 6.45) is 5.66. The second-order valence-electron chi connectivity index (χ2n) is 9.51. The van der Waals surface area contributed by atoms with Gasteiger partial charge in [-0.05, 0) is 67.7 Å². The summed E-state index contributed by atoms with van der Waals surface area (Å²) in [6, 6.07) is 15.7. The molecule has 2 aliphatic rings. The van der Waals surface area contributed by atoms with Gasteiger partial charge in [0, 0.05) is 36.6 Å². The van der Waals surface area contributed by atoms with E-state index in [0.29, 0.717) is 23.0 Å². The van der Waals surface area contributed by atoms with Gasteiger partial charge in [0.2, 0.25) is 10.9 Å². The molecule has 2 saturated heterocycles. The SMILES string of the molecule is C.O=C(N[C@@H]1CC(=O)N(c2ccc(CN3CCCCC3)cc2)C1)c1nnc(CCc2ccc(Cl)cc2)s1. The van der Waals surface area contributed by atoms with Crippen molar-refractivity contribution in [1.82, 2.24) is 20.4 Å². The summed E-state index contributed by atoms with van der Waals surface area (Å²) < 4.78 is 0. The monoisotopic (exact) mass is 539 g/mol. The molecule has 3 heterocycles. The lowest BCUT2D eigenvalue weighted by atomic mass is 10.1. The van der Waals surface area contributed by atoms with Crippen LogP contribution in [-0.4, -0.2) is 52.6 Å². The number of carbonyl (C=O) groups excluding carboxylic acids is 2.